The number of nitrogens with one attached hydrogen (secondary N) is 1. The van der Waals surface area contributed by atoms with E-state index in [1.54, 1.807) is 0 Å². The van der Waals surface area contributed by atoms with Gasteiger partial charge < -0.3 is 10.4 Å². The summed E-state index contributed by atoms with van der Waals surface area (Å²) in [7, 11) is 0. The Balaban J connectivity index is 1.66. The van der Waals surface area contributed by atoms with Crippen molar-refractivity contribution in [2.45, 2.75) is 58.1 Å². The van der Waals surface area contributed by atoms with Crippen molar-refractivity contribution in [2.75, 3.05) is 0 Å². The van der Waals surface area contributed by atoms with E-state index in [0.29, 0.717) is 17.9 Å². The zero-order chi connectivity index (χ0) is 18.7. The quantitative estimate of drug-likeness (QED) is 0.792. The van der Waals surface area contributed by atoms with Gasteiger partial charge in [0.05, 0.1) is 17.3 Å². The number of aryl methyl sites for hydroxylation is 2. The topological polar surface area (TPSA) is 62.2 Å². The van der Waals surface area contributed by atoms with E-state index in [2.05, 4.69) is 10.3 Å². The van der Waals surface area contributed by atoms with E-state index >= 15 is 0 Å². The molecule has 1 aliphatic carbocycles. The normalized spacial score (nSPS) is 15.5. The standard InChI is InChI=1S/C22H28N2O2/c1-15-5-4-6-19(23-15)20(17-11-12-17)24-21(25)18-9-7-16(8-10-18)13-14-22(2,3)26/h4-10,17,20,26H,11-14H2,1-3H3,(H,24,25)/t20-/m0/s1. The van der Waals surface area contributed by atoms with Crippen LogP contribution < -0.4 is 5.32 Å². The first-order chi connectivity index (χ1) is 12.3. The third-order valence-electron chi connectivity index (χ3n) is 4.85. The fraction of sp³-hybridized carbons (Fsp3) is 0.455. The number of aliphatic hydroxyl groups is 1. The molecule has 0 unspecified atom stereocenters. The van der Waals surface area contributed by atoms with Crippen molar-refractivity contribution in [3.05, 3.63) is 65.0 Å². The molecule has 3 rings (SSSR count). The Bertz CT molecular complexity index is 758. The van der Waals surface area contributed by atoms with Crippen LogP contribution >= 0.6 is 0 Å². The lowest BCUT2D eigenvalue weighted by molar-refractivity contribution is 0.0713. The van der Waals surface area contributed by atoms with Crippen LogP contribution in [0.5, 0.6) is 0 Å². The Morgan fingerprint density at radius 3 is 2.50 bits per heavy atom. The van der Waals surface area contributed by atoms with Gasteiger partial charge in [-0.2, -0.15) is 0 Å². The molecule has 1 aliphatic rings. The molecular formula is C22H28N2O2. The van der Waals surface area contributed by atoms with Gasteiger partial charge in [0.15, 0.2) is 0 Å². The third-order valence-corrected chi connectivity index (χ3v) is 4.85. The molecule has 138 valence electrons. The average molecular weight is 352 g/mol. The summed E-state index contributed by atoms with van der Waals surface area (Å²) in [6, 6.07) is 13.6. The van der Waals surface area contributed by atoms with Crippen LogP contribution in [0.2, 0.25) is 0 Å². The number of pyridine rings is 1. The highest BCUT2D eigenvalue weighted by Crippen LogP contribution is 2.40. The highest BCUT2D eigenvalue weighted by atomic mass is 16.3. The molecular weight excluding hydrogens is 324 g/mol. The van der Waals surface area contributed by atoms with Crippen molar-refractivity contribution in [1.82, 2.24) is 10.3 Å². The minimum Gasteiger partial charge on any atom is -0.390 e. The number of hydrogen-bond donors (Lipinski definition) is 2. The van der Waals surface area contributed by atoms with Gasteiger partial charge in [-0.05, 0) is 82.2 Å². The first-order valence-electron chi connectivity index (χ1n) is 9.37. The number of benzene rings is 1. The molecule has 1 saturated carbocycles. The first-order valence-corrected chi connectivity index (χ1v) is 9.37. The molecule has 4 heteroatoms. The fourth-order valence-electron chi connectivity index (χ4n) is 3.10. The molecule has 1 aromatic heterocycles. The van der Waals surface area contributed by atoms with E-state index in [0.717, 1.165) is 36.2 Å². The van der Waals surface area contributed by atoms with Crippen LogP contribution in [0.4, 0.5) is 0 Å². The van der Waals surface area contributed by atoms with E-state index in [1.807, 2.05) is 63.2 Å². The molecule has 2 N–H and O–H groups in total. The molecule has 1 amide bonds. The van der Waals surface area contributed by atoms with Crippen molar-refractivity contribution in [3.63, 3.8) is 0 Å². The SMILES string of the molecule is Cc1cccc([C@@H](NC(=O)c2ccc(CCC(C)(C)O)cc2)C2CC2)n1. The van der Waals surface area contributed by atoms with Gasteiger partial charge in [-0.3, -0.25) is 9.78 Å². The number of carbonyl (C=O) groups is 1. The number of rotatable bonds is 7. The maximum atomic E-state index is 12.7. The van der Waals surface area contributed by atoms with Crippen molar-refractivity contribution < 1.29 is 9.90 Å². The van der Waals surface area contributed by atoms with Crippen LogP contribution in [0, 0.1) is 12.8 Å². The van der Waals surface area contributed by atoms with Crippen molar-refractivity contribution in [2.24, 2.45) is 5.92 Å². The average Bonchev–Trinajstić information content (AvgIpc) is 3.42. The number of hydrogen-bond acceptors (Lipinski definition) is 3. The summed E-state index contributed by atoms with van der Waals surface area (Å²) in [6.45, 7) is 5.60. The van der Waals surface area contributed by atoms with Gasteiger partial charge in [-0.25, -0.2) is 0 Å². The molecule has 0 spiro atoms. The molecule has 0 aliphatic heterocycles. The molecule has 0 saturated heterocycles. The number of nitrogens with zero attached hydrogens (tertiary/aromatic N) is 1. The first kappa shape index (κ1) is 18.6. The lowest BCUT2D eigenvalue weighted by atomic mass is 9.98. The van der Waals surface area contributed by atoms with E-state index in [9.17, 15) is 9.90 Å². The smallest absolute Gasteiger partial charge is 0.251 e. The molecule has 1 heterocycles. The summed E-state index contributed by atoms with van der Waals surface area (Å²) in [5.74, 6) is 0.429. The lowest BCUT2D eigenvalue weighted by Crippen LogP contribution is -2.30. The second-order valence-electron chi connectivity index (χ2n) is 8.00. The summed E-state index contributed by atoms with van der Waals surface area (Å²) >= 11 is 0. The number of carbonyl (C=O) groups excluding carboxylic acids is 1. The van der Waals surface area contributed by atoms with Crippen molar-refractivity contribution in [1.29, 1.82) is 0 Å². The molecule has 0 bridgehead atoms. The van der Waals surface area contributed by atoms with E-state index in [-0.39, 0.29) is 11.9 Å². The van der Waals surface area contributed by atoms with Crippen LogP contribution in [-0.2, 0) is 6.42 Å². The summed E-state index contributed by atoms with van der Waals surface area (Å²) in [4.78, 5) is 17.3. The maximum absolute atomic E-state index is 12.7. The van der Waals surface area contributed by atoms with Gasteiger partial charge in [-0.15, -0.1) is 0 Å². The predicted molar refractivity (Wildman–Crippen MR) is 103 cm³/mol. The molecule has 2 aromatic rings. The monoisotopic (exact) mass is 352 g/mol. The maximum Gasteiger partial charge on any atom is 0.251 e. The summed E-state index contributed by atoms with van der Waals surface area (Å²) in [5, 5.41) is 13.0. The predicted octanol–water partition coefficient (Wildman–Crippen LogP) is 3.97. The minimum atomic E-state index is -0.672. The highest BCUT2D eigenvalue weighted by Gasteiger charge is 2.34. The van der Waals surface area contributed by atoms with Crippen LogP contribution in [0.15, 0.2) is 42.5 Å². The van der Waals surface area contributed by atoms with Gasteiger partial charge in [0.25, 0.3) is 5.91 Å². The molecule has 1 atom stereocenters. The largest absolute Gasteiger partial charge is 0.390 e. The van der Waals surface area contributed by atoms with Gasteiger partial charge in [0.2, 0.25) is 0 Å². The zero-order valence-electron chi connectivity index (χ0n) is 15.8. The molecule has 1 fully saturated rings. The van der Waals surface area contributed by atoms with E-state index in [1.165, 1.54) is 0 Å². The van der Waals surface area contributed by atoms with E-state index in [4.69, 9.17) is 0 Å². The Morgan fingerprint density at radius 1 is 1.23 bits per heavy atom. The van der Waals surface area contributed by atoms with Crippen molar-refractivity contribution >= 4 is 5.91 Å². The van der Waals surface area contributed by atoms with Gasteiger partial charge in [0, 0.05) is 11.3 Å². The summed E-state index contributed by atoms with van der Waals surface area (Å²) < 4.78 is 0. The van der Waals surface area contributed by atoms with Crippen LogP contribution in [0.3, 0.4) is 0 Å². The van der Waals surface area contributed by atoms with E-state index < -0.39 is 5.60 Å². The molecule has 0 radical (unpaired) electrons. The highest BCUT2D eigenvalue weighted by molar-refractivity contribution is 5.94. The van der Waals surface area contributed by atoms with Crippen molar-refractivity contribution in [3.8, 4) is 0 Å². The van der Waals surface area contributed by atoms with Crippen LogP contribution in [0.25, 0.3) is 0 Å². The Hall–Kier alpha value is -2.20. The van der Waals surface area contributed by atoms with Gasteiger partial charge in [-0.1, -0.05) is 18.2 Å². The van der Waals surface area contributed by atoms with Crippen LogP contribution in [0.1, 0.15) is 66.5 Å². The van der Waals surface area contributed by atoms with Crippen LogP contribution in [-0.4, -0.2) is 21.6 Å². The second-order valence-corrected chi connectivity index (χ2v) is 8.00. The number of amides is 1. The molecule has 4 nitrogen and oxygen atoms in total. The zero-order valence-corrected chi connectivity index (χ0v) is 15.8. The lowest BCUT2D eigenvalue weighted by Gasteiger charge is -2.19. The Kier molecular flexibility index (Phi) is 5.42. The summed E-state index contributed by atoms with van der Waals surface area (Å²) in [5.41, 5.74) is 3.04. The molecule has 26 heavy (non-hydrogen) atoms. The minimum absolute atomic E-state index is 0.0164. The Morgan fingerprint density at radius 2 is 1.92 bits per heavy atom. The fourth-order valence-corrected chi connectivity index (χ4v) is 3.10. The second kappa shape index (κ2) is 7.58. The number of aromatic nitrogens is 1. The Labute approximate surface area is 155 Å². The van der Waals surface area contributed by atoms with Gasteiger partial charge in [0.1, 0.15) is 0 Å². The third kappa shape index (κ3) is 5.15. The molecule has 1 aromatic carbocycles. The van der Waals surface area contributed by atoms with Gasteiger partial charge >= 0.3 is 0 Å². The summed E-state index contributed by atoms with van der Waals surface area (Å²) in [6.07, 6.45) is 3.76.